The van der Waals surface area contributed by atoms with Crippen molar-refractivity contribution in [3.8, 4) is 0 Å². The van der Waals surface area contributed by atoms with Gasteiger partial charge in [0.15, 0.2) is 5.78 Å². The van der Waals surface area contributed by atoms with E-state index >= 15 is 0 Å². The second kappa shape index (κ2) is 6.26. The van der Waals surface area contributed by atoms with E-state index in [9.17, 15) is 9.59 Å². The number of anilines is 1. The highest BCUT2D eigenvalue weighted by Gasteiger charge is 2.10. The summed E-state index contributed by atoms with van der Waals surface area (Å²) < 4.78 is 0. The van der Waals surface area contributed by atoms with Crippen LogP contribution >= 0.6 is 11.6 Å². The van der Waals surface area contributed by atoms with Gasteiger partial charge in [0.1, 0.15) is 0 Å². The first-order valence-electron chi connectivity index (χ1n) is 7.19. The Bertz CT molecular complexity index is 899. The summed E-state index contributed by atoms with van der Waals surface area (Å²) in [5.41, 5.74) is 3.00. The van der Waals surface area contributed by atoms with Gasteiger partial charge in [0, 0.05) is 33.4 Å². The Balaban J connectivity index is 1.77. The molecule has 0 radical (unpaired) electrons. The van der Waals surface area contributed by atoms with Crippen molar-refractivity contribution in [3.63, 3.8) is 0 Å². The number of rotatable bonds is 4. The first-order chi connectivity index (χ1) is 11.0. The quantitative estimate of drug-likeness (QED) is 0.706. The fraction of sp³-hybridized carbons (Fsp3) is 0.111. The molecule has 1 aromatic heterocycles. The normalized spacial score (nSPS) is 10.7. The van der Waals surface area contributed by atoms with Gasteiger partial charge in [-0.1, -0.05) is 23.7 Å². The summed E-state index contributed by atoms with van der Waals surface area (Å²) in [5.74, 6) is -0.182. The van der Waals surface area contributed by atoms with Crippen molar-refractivity contribution in [2.24, 2.45) is 0 Å². The van der Waals surface area contributed by atoms with Crippen LogP contribution in [0.25, 0.3) is 10.9 Å². The number of fused-ring (bicyclic) bond motifs is 1. The number of H-pyrrole nitrogens is 1. The number of benzene rings is 2. The molecule has 23 heavy (non-hydrogen) atoms. The van der Waals surface area contributed by atoms with E-state index in [1.54, 1.807) is 30.3 Å². The standard InChI is InChI=1S/C18H15ClN2O2/c1-11(22)12-3-2-4-15(7-12)21-18(23)8-13-10-20-17-6-5-14(19)9-16(13)17/h2-7,9-10,20H,8H2,1H3,(H,21,23). The van der Waals surface area contributed by atoms with Crippen molar-refractivity contribution >= 4 is 39.9 Å². The molecule has 3 aromatic rings. The summed E-state index contributed by atoms with van der Waals surface area (Å²) in [4.78, 5) is 26.8. The third kappa shape index (κ3) is 3.43. The van der Waals surface area contributed by atoms with Gasteiger partial charge in [-0.25, -0.2) is 0 Å². The molecule has 0 unspecified atom stereocenters. The van der Waals surface area contributed by atoms with Crippen LogP contribution in [0.3, 0.4) is 0 Å². The molecule has 0 fully saturated rings. The second-order valence-electron chi connectivity index (χ2n) is 5.37. The molecule has 0 aliphatic carbocycles. The van der Waals surface area contributed by atoms with Gasteiger partial charge in [-0.15, -0.1) is 0 Å². The van der Waals surface area contributed by atoms with Crippen molar-refractivity contribution in [1.29, 1.82) is 0 Å². The summed E-state index contributed by atoms with van der Waals surface area (Å²) in [7, 11) is 0. The van der Waals surface area contributed by atoms with Crippen LogP contribution in [0, 0.1) is 0 Å². The number of Topliss-reactive ketones (excluding diaryl/α,β-unsaturated/α-hetero) is 1. The molecule has 116 valence electrons. The molecule has 0 saturated carbocycles. The van der Waals surface area contributed by atoms with E-state index in [1.807, 2.05) is 18.3 Å². The minimum atomic E-state index is -0.147. The Labute approximate surface area is 138 Å². The third-order valence-corrected chi connectivity index (χ3v) is 3.87. The smallest absolute Gasteiger partial charge is 0.228 e. The minimum absolute atomic E-state index is 0.0348. The number of carbonyl (C=O) groups excluding carboxylic acids is 2. The van der Waals surface area contributed by atoms with E-state index in [0.717, 1.165) is 16.5 Å². The Kier molecular flexibility index (Phi) is 4.17. The summed E-state index contributed by atoms with van der Waals surface area (Å²) in [5, 5.41) is 4.38. The molecular weight excluding hydrogens is 312 g/mol. The number of aromatic nitrogens is 1. The van der Waals surface area contributed by atoms with Crippen molar-refractivity contribution < 1.29 is 9.59 Å². The lowest BCUT2D eigenvalue weighted by Crippen LogP contribution is -2.14. The Hall–Kier alpha value is -2.59. The Morgan fingerprint density at radius 2 is 2.00 bits per heavy atom. The van der Waals surface area contributed by atoms with Crippen LogP contribution in [0.5, 0.6) is 0 Å². The number of hydrogen-bond acceptors (Lipinski definition) is 2. The van der Waals surface area contributed by atoms with Crippen LogP contribution in [-0.2, 0) is 11.2 Å². The van der Waals surface area contributed by atoms with Crippen molar-refractivity contribution in [1.82, 2.24) is 4.98 Å². The number of nitrogens with one attached hydrogen (secondary N) is 2. The third-order valence-electron chi connectivity index (χ3n) is 3.63. The summed E-state index contributed by atoms with van der Waals surface area (Å²) in [6.07, 6.45) is 2.04. The molecule has 4 nitrogen and oxygen atoms in total. The van der Waals surface area contributed by atoms with Crippen LogP contribution in [0.1, 0.15) is 22.8 Å². The highest BCUT2D eigenvalue weighted by molar-refractivity contribution is 6.31. The van der Waals surface area contributed by atoms with Gasteiger partial charge in [-0.05, 0) is 42.8 Å². The fourth-order valence-corrected chi connectivity index (χ4v) is 2.66. The van der Waals surface area contributed by atoms with Gasteiger partial charge in [-0.2, -0.15) is 0 Å². The zero-order valence-corrected chi connectivity index (χ0v) is 13.3. The lowest BCUT2D eigenvalue weighted by atomic mass is 10.1. The summed E-state index contributed by atoms with van der Waals surface area (Å²) in [6, 6.07) is 12.4. The minimum Gasteiger partial charge on any atom is -0.361 e. The van der Waals surface area contributed by atoms with E-state index in [-0.39, 0.29) is 18.1 Å². The molecule has 0 spiro atoms. The predicted octanol–water partition coefficient (Wildman–Crippen LogP) is 4.21. The average molecular weight is 327 g/mol. The van der Waals surface area contributed by atoms with Gasteiger partial charge in [-0.3, -0.25) is 9.59 Å². The molecule has 0 bridgehead atoms. The lowest BCUT2D eigenvalue weighted by Gasteiger charge is -2.06. The lowest BCUT2D eigenvalue weighted by molar-refractivity contribution is -0.115. The van der Waals surface area contributed by atoms with Gasteiger partial charge >= 0.3 is 0 Å². The molecule has 1 amide bonds. The van der Waals surface area contributed by atoms with Gasteiger partial charge < -0.3 is 10.3 Å². The van der Waals surface area contributed by atoms with E-state index in [2.05, 4.69) is 10.3 Å². The number of carbonyl (C=O) groups is 2. The van der Waals surface area contributed by atoms with E-state index in [4.69, 9.17) is 11.6 Å². The van der Waals surface area contributed by atoms with Crippen LogP contribution in [0.4, 0.5) is 5.69 Å². The molecule has 0 aliphatic heterocycles. The Morgan fingerprint density at radius 1 is 1.17 bits per heavy atom. The highest BCUT2D eigenvalue weighted by Crippen LogP contribution is 2.23. The molecule has 0 aliphatic rings. The van der Waals surface area contributed by atoms with Crippen LogP contribution in [0.2, 0.25) is 5.02 Å². The van der Waals surface area contributed by atoms with E-state index in [1.165, 1.54) is 6.92 Å². The molecular formula is C18H15ClN2O2. The van der Waals surface area contributed by atoms with Crippen LogP contribution in [-0.4, -0.2) is 16.7 Å². The molecule has 2 N–H and O–H groups in total. The average Bonchev–Trinajstić information content (AvgIpc) is 2.89. The summed E-state index contributed by atoms with van der Waals surface area (Å²) in [6.45, 7) is 1.50. The fourth-order valence-electron chi connectivity index (χ4n) is 2.49. The molecule has 2 aromatic carbocycles. The van der Waals surface area contributed by atoms with Crippen LogP contribution in [0.15, 0.2) is 48.7 Å². The van der Waals surface area contributed by atoms with Crippen molar-refractivity contribution in [3.05, 3.63) is 64.8 Å². The van der Waals surface area contributed by atoms with E-state index in [0.29, 0.717) is 16.3 Å². The molecule has 1 heterocycles. The predicted molar refractivity (Wildman–Crippen MR) is 92.1 cm³/mol. The first-order valence-corrected chi connectivity index (χ1v) is 7.57. The number of amides is 1. The van der Waals surface area contributed by atoms with Gasteiger partial charge in [0.25, 0.3) is 0 Å². The van der Waals surface area contributed by atoms with Crippen molar-refractivity contribution in [2.45, 2.75) is 13.3 Å². The molecule has 5 heteroatoms. The van der Waals surface area contributed by atoms with Crippen molar-refractivity contribution in [2.75, 3.05) is 5.32 Å². The van der Waals surface area contributed by atoms with Crippen LogP contribution < -0.4 is 5.32 Å². The van der Waals surface area contributed by atoms with Gasteiger partial charge in [0.05, 0.1) is 6.42 Å². The molecule has 3 rings (SSSR count). The largest absolute Gasteiger partial charge is 0.361 e. The zero-order valence-electron chi connectivity index (χ0n) is 12.5. The maximum Gasteiger partial charge on any atom is 0.228 e. The monoisotopic (exact) mass is 326 g/mol. The zero-order chi connectivity index (χ0) is 16.4. The van der Waals surface area contributed by atoms with E-state index < -0.39 is 0 Å². The number of halogens is 1. The SMILES string of the molecule is CC(=O)c1cccc(NC(=O)Cc2c[nH]c3ccc(Cl)cc23)c1. The molecule has 0 atom stereocenters. The topological polar surface area (TPSA) is 62.0 Å². The number of aromatic amines is 1. The maximum atomic E-state index is 12.2. The Morgan fingerprint density at radius 3 is 2.78 bits per heavy atom. The highest BCUT2D eigenvalue weighted by atomic mass is 35.5. The molecule has 0 saturated heterocycles. The number of hydrogen-bond donors (Lipinski definition) is 2. The first kappa shape index (κ1) is 15.3. The second-order valence-corrected chi connectivity index (χ2v) is 5.80. The summed E-state index contributed by atoms with van der Waals surface area (Å²) >= 11 is 6.01. The number of ketones is 1. The van der Waals surface area contributed by atoms with Gasteiger partial charge in [0.2, 0.25) is 5.91 Å². The maximum absolute atomic E-state index is 12.2.